The van der Waals surface area contributed by atoms with Gasteiger partial charge in [-0.3, -0.25) is 0 Å². The number of urea groups is 1. The fourth-order valence-electron chi connectivity index (χ4n) is 1.89. The lowest BCUT2D eigenvalue weighted by Gasteiger charge is -2.35. The van der Waals surface area contributed by atoms with Crippen molar-refractivity contribution in [2.75, 3.05) is 7.05 Å². The van der Waals surface area contributed by atoms with E-state index in [-0.39, 0.29) is 29.6 Å². The lowest BCUT2D eigenvalue weighted by Crippen LogP contribution is -2.47. The molecule has 0 saturated heterocycles. The second-order valence-corrected chi connectivity index (χ2v) is 6.30. The van der Waals surface area contributed by atoms with E-state index >= 15 is 0 Å². The second kappa shape index (κ2) is 6.20. The van der Waals surface area contributed by atoms with Gasteiger partial charge < -0.3 is 19.7 Å². The standard InChI is InChI=1S/C15H24N2O4/c1-9-12(13(18)19)7-11(21-9)8-16-14(20)17(6)10(2)15(3,4)5/h7,10H,8H2,1-6H3,(H,16,20)(H,18,19). The van der Waals surface area contributed by atoms with E-state index in [0.29, 0.717) is 11.5 Å². The lowest BCUT2D eigenvalue weighted by molar-refractivity contribution is 0.0695. The minimum absolute atomic E-state index is 0.0240. The summed E-state index contributed by atoms with van der Waals surface area (Å²) in [6, 6.07) is 1.28. The summed E-state index contributed by atoms with van der Waals surface area (Å²) in [5.41, 5.74) is 0.0970. The molecule has 0 aliphatic heterocycles. The van der Waals surface area contributed by atoms with Gasteiger partial charge in [0.15, 0.2) is 0 Å². The molecule has 2 amide bonds. The van der Waals surface area contributed by atoms with Crippen molar-refractivity contribution in [1.29, 1.82) is 0 Å². The molecule has 1 heterocycles. The van der Waals surface area contributed by atoms with Crippen LogP contribution in [0.2, 0.25) is 0 Å². The van der Waals surface area contributed by atoms with Crippen LogP contribution in [0.25, 0.3) is 0 Å². The van der Waals surface area contributed by atoms with Crippen LogP contribution >= 0.6 is 0 Å². The summed E-state index contributed by atoms with van der Waals surface area (Å²) in [5.74, 6) is -0.273. The maximum absolute atomic E-state index is 12.1. The summed E-state index contributed by atoms with van der Waals surface area (Å²) in [6.45, 7) is 9.93. The Kier molecular flexibility index (Phi) is 5.04. The van der Waals surface area contributed by atoms with E-state index in [1.807, 2.05) is 6.92 Å². The zero-order valence-electron chi connectivity index (χ0n) is 13.5. The maximum atomic E-state index is 12.1. The van der Waals surface area contributed by atoms with Crippen molar-refractivity contribution in [3.8, 4) is 0 Å². The number of nitrogens with zero attached hydrogens (tertiary/aromatic N) is 1. The molecule has 2 N–H and O–H groups in total. The van der Waals surface area contributed by atoms with Crippen LogP contribution in [0.15, 0.2) is 10.5 Å². The molecule has 0 spiro atoms. The SMILES string of the molecule is Cc1oc(CNC(=O)N(C)C(C)C(C)(C)C)cc1C(=O)O. The molecular weight excluding hydrogens is 272 g/mol. The molecule has 0 aliphatic carbocycles. The Bertz CT molecular complexity index is 528. The van der Waals surface area contributed by atoms with Gasteiger partial charge in [0.25, 0.3) is 0 Å². The molecule has 0 saturated carbocycles. The van der Waals surface area contributed by atoms with Crippen LogP contribution < -0.4 is 5.32 Å². The molecule has 21 heavy (non-hydrogen) atoms. The summed E-state index contributed by atoms with van der Waals surface area (Å²) < 4.78 is 5.32. The van der Waals surface area contributed by atoms with Crippen LogP contribution in [0.3, 0.4) is 0 Å². The third-order valence-electron chi connectivity index (χ3n) is 3.77. The van der Waals surface area contributed by atoms with E-state index in [4.69, 9.17) is 9.52 Å². The number of carboxylic acids is 1. The highest BCUT2D eigenvalue weighted by molar-refractivity contribution is 5.88. The first-order valence-corrected chi connectivity index (χ1v) is 6.87. The number of nitrogens with one attached hydrogen (secondary N) is 1. The Labute approximate surface area is 125 Å². The molecule has 6 heteroatoms. The summed E-state index contributed by atoms with van der Waals surface area (Å²) in [4.78, 5) is 24.6. The van der Waals surface area contributed by atoms with Gasteiger partial charge in [-0.15, -0.1) is 0 Å². The minimum Gasteiger partial charge on any atom is -0.478 e. The number of carbonyl (C=O) groups is 2. The second-order valence-electron chi connectivity index (χ2n) is 6.30. The Morgan fingerprint density at radius 2 is 2.00 bits per heavy atom. The molecule has 0 aliphatic rings. The Hall–Kier alpha value is -1.98. The van der Waals surface area contributed by atoms with Gasteiger partial charge in [-0.25, -0.2) is 9.59 Å². The van der Waals surface area contributed by atoms with Crippen molar-refractivity contribution in [3.05, 3.63) is 23.2 Å². The Morgan fingerprint density at radius 1 is 1.43 bits per heavy atom. The van der Waals surface area contributed by atoms with Crippen LogP contribution in [-0.2, 0) is 6.54 Å². The number of carboxylic acid groups (broad SMARTS) is 1. The molecule has 0 fully saturated rings. The van der Waals surface area contributed by atoms with E-state index in [2.05, 4.69) is 26.1 Å². The maximum Gasteiger partial charge on any atom is 0.339 e. The van der Waals surface area contributed by atoms with Crippen molar-refractivity contribution in [3.63, 3.8) is 0 Å². The van der Waals surface area contributed by atoms with Crippen LogP contribution in [0.5, 0.6) is 0 Å². The minimum atomic E-state index is -1.03. The molecule has 6 nitrogen and oxygen atoms in total. The molecule has 1 atom stereocenters. The number of amides is 2. The van der Waals surface area contributed by atoms with Crippen molar-refractivity contribution < 1.29 is 19.1 Å². The zero-order chi connectivity index (χ0) is 16.4. The van der Waals surface area contributed by atoms with Crippen LogP contribution in [0.1, 0.15) is 49.6 Å². The van der Waals surface area contributed by atoms with Crippen LogP contribution in [0.4, 0.5) is 4.79 Å². The first-order valence-electron chi connectivity index (χ1n) is 6.87. The van der Waals surface area contributed by atoms with E-state index in [9.17, 15) is 9.59 Å². The number of carbonyl (C=O) groups excluding carboxylic acids is 1. The smallest absolute Gasteiger partial charge is 0.339 e. The number of hydrogen-bond donors (Lipinski definition) is 2. The van der Waals surface area contributed by atoms with E-state index in [1.165, 1.54) is 6.07 Å². The summed E-state index contributed by atoms with van der Waals surface area (Å²) >= 11 is 0. The Balaban J connectivity index is 2.65. The van der Waals surface area contributed by atoms with Gasteiger partial charge in [0.05, 0.1) is 6.54 Å². The molecule has 0 radical (unpaired) electrons. The van der Waals surface area contributed by atoms with Crippen molar-refractivity contribution in [1.82, 2.24) is 10.2 Å². The first kappa shape index (κ1) is 17.1. The molecule has 0 aromatic carbocycles. The highest BCUT2D eigenvalue weighted by atomic mass is 16.4. The van der Waals surface area contributed by atoms with Gasteiger partial charge >= 0.3 is 12.0 Å². The number of aryl methyl sites for hydroxylation is 1. The van der Waals surface area contributed by atoms with E-state index in [1.54, 1.807) is 18.9 Å². The normalized spacial score (nSPS) is 12.9. The highest BCUT2D eigenvalue weighted by Crippen LogP contribution is 2.23. The van der Waals surface area contributed by atoms with E-state index in [0.717, 1.165) is 0 Å². The number of hydrogen-bond acceptors (Lipinski definition) is 3. The van der Waals surface area contributed by atoms with Crippen molar-refractivity contribution in [2.24, 2.45) is 5.41 Å². The third kappa shape index (κ3) is 4.24. The average Bonchev–Trinajstić information content (AvgIpc) is 2.74. The van der Waals surface area contributed by atoms with Gasteiger partial charge in [0, 0.05) is 13.1 Å². The quantitative estimate of drug-likeness (QED) is 0.895. The average molecular weight is 296 g/mol. The molecule has 1 rings (SSSR count). The fraction of sp³-hybridized carbons (Fsp3) is 0.600. The lowest BCUT2D eigenvalue weighted by atomic mass is 9.87. The fourth-order valence-corrected chi connectivity index (χ4v) is 1.89. The van der Waals surface area contributed by atoms with Gasteiger partial charge in [-0.05, 0) is 25.3 Å². The predicted molar refractivity (Wildman–Crippen MR) is 79.3 cm³/mol. The van der Waals surface area contributed by atoms with Gasteiger partial charge in [0.2, 0.25) is 0 Å². The summed E-state index contributed by atoms with van der Waals surface area (Å²) in [5, 5.41) is 11.7. The number of aromatic carboxylic acids is 1. The Morgan fingerprint density at radius 3 is 2.43 bits per heavy atom. The van der Waals surface area contributed by atoms with Gasteiger partial charge in [-0.1, -0.05) is 20.8 Å². The van der Waals surface area contributed by atoms with Crippen LogP contribution in [0, 0.1) is 12.3 Å². The van der Waals surface area contributed by atoms with E-state index < -0.39 is 5.97 Å². The van der Waals surface area contributed by atoms with Crippen molar-refractivity contribution in [2.45, 2.75) is 47.2 Å². The summed E-state index contributed by atoms with van der Waals surface area (Å²) in [7, 11) is 1.74. The van der Waals surface area contributed by atoms with Gasteiger partial charge in [-0.2, -0.15) is 0 Å². The highest BCUT2D eigenvalue weighted by Gasteiger charge is 2.27. The third-order valence-corrected chi connectivity index (χ3v) is 3.77. The molecule has 1 aromatic heterocycles. The topological polar surface area (TPSA) is 82.8 Å². The number of furan rings is 1. The molecule has 1 unspecified atom stereocenters. The molecular formula is C15H24N2O4. The molecule has 118 valence electrons. The molecule has 1 aromatic rings. The van der Waals surface area contributed by atoms with Crippen LogP contribution in [-0.4, -0.2) is 35.1 Å². The zero-order valence-corrected chi connectivity index (χ0v) is 13.5. The molecule has 0 bridgehead atoms. The predicted octanol–water partition coefficient (Wildman–Crippen LogP) is 2.86. The largest absolute Gasteiger partial charge is 0.478 e. The first-order chi connectivity index (χ1) is 9.54. The monoisotopic (exact) mass is 296 g/mol. The van der Waals surface area contributed by atoms with Crippen molar-refractivity contribution >= 4 is 12.0 Å². The summed E-state index contributed by atoms with van der Waals surface area (Å²) in [6.07, 6.45) is 0. The van der Waals surface area contributed by atoms with Gasteiger partial charge in [0.1, 0.15) is 17.1 Å². The number of rotatable bonds is 4.